The lowest BCUT2D eigenvalue weighted by molar-refractivity contribution is -0.147. The third-order valence-corrected chi connectivity index (χ3v) is 2.63. The molecule has 0 saturated heterocycles. The maximum atomic E-state index is 11.5. The van der Waals surface area contributed by atoms with Crippen molar-refractivity contribution in [3.63, 3.8) is 0 Å². The summed E-state index contributed by atoms with van der Waals surface area (Å²) >= 11 is 0. The maximum Gasteiger partial charge on any atom is 0.323 e. The van der Waals surface area contributed by atoms with Crippen molar-refractivity contribution in [2.24, 2.45) is 17.1 Å². The Morgan fingerprint density at radius 1 is 1.40 bits per heavy atom. The molecule has 90 valence electrons. The van der Waals surface area contributed by atoms with Crippen LogP contribution in [-0.2, 0) is 9.53 Å². The van der Waals surface area contributed by atoms with Gasteiger partial charge in [-0.15, -0.1) is 0 Å². The Morgan fingerprint density at radius 2 is 1.93 bits per heavy atom. The summed E-state index contributed by atoms with van der Waals surface area (Å²) < 4.78 is 5.14. The molecule has 0 radical (unpaired) electrons. The molecule has 15 heavy (non-hydrogen) atoms. The number of nitrogens with two attached hydrogens (primary N) is 1. The quantitative estimate of drug-likeness (QED) is 0.716. The Hall–Kier alpha value is -0.570. The van der Waals surface area contributed by atoms with E-state index in [1.165, 1.54) is 0 Å². The van der Waals surface area contributed by atoms with Crippen LogP contribution in [0.3, 0.4) is 0 Å². The summed E-state index contributed by atoms with van der Waals surface area (Å²) in [7, 11) is 0. The summed E-state index contributed by atoms with van der Waals surface area (Å²) in [4.78, 5) is 11.5. The highest BCUT2D eigenvalue weighted by Crippen LogP contribution is 2.18. The van der Waals surface area contributed by atoms with E-state index in [1.807, 2.05) is 13.8 Å². The molecule has 0 aromatic rings. The summed E-state index contributed by atoms with van der Waals surface area (Å²) in [5.41, 5.74) is 5.94. The number of ether oxygens (including phenoxy) is 1. The van der Waals surface area contributed by atoms with Gasteiger partial charge < -0.3 is 10.5 Å². The van der Waals surface area contributed by atoms with Gasteiger partial charge in [0.25, 0.3) is 0 Å². The summed E-state index contributed by atoms with van der Waals surface area (Å²) in [5.74, 6) is -0.0827. The summed E-state index contributed by atoms with van der Waals surface area (Å²) in [6.45, 7) is 10.8. The zero-order valence-electron chi connectivity index (χ0n) is 10.7. The average molecular weight is 215 g/mol. The van der Waals surface area contributed by atoms with Crippen LogP contribution in [0.25, 0.3) is 0 Å². The van der Waals surface area contributed by atoms with Crippen molar-refractivity contribution in [1.29, 1.82) is 0 Å². The van der Waals surface area contributed by atoms with E-state index in [2.05, 4.69) is 20.8 Å². The molecular formula is C12H25NO2. The first-order valence-corrected chi connectivity index (χ1v) is 5.70. The number of hydrogen-bond donors (Lipinski definition) is 1. The number of esters is 1. The first kappa shape index (κ1) is 14.4. The Kier molecular flexibility index (Phi) is 5.88. The van der Waals surface area contributed by atoms with Crippen LogP contribution < -0.4 is 5.73 Å². The molecule has 0 aliphatic rings. The predicted octanol–water partition coefficient (Wildman–Crippen LogP) is 2.34. The molecule has 2 N–H and O–H groups in total. The van der Waals surface area contributed by atoms with Gasteiger partial charge in [-0.05, 0) is 17.8 Å². The molecule has 0 aromatic heterocycles. The molecule has 0 spiro atoms. The fourth-order valence-corrected chi connectivity index (χ4v) is 1.04. The lowest BCUT2D eigenvalue weighted by Gasteiger charge is -2.20. The molecule has 0 aliphatic heterocycles. The molecule has 0 rings (SSSR count). The van der Waals surface area contributed by atoms with Crippen LogP contribution in [0.4, 0.5) is 0 Å². The van der Waals surface area contributed by atoms with Gasteiger partial charge in [0.2, 0.25) is 0 Å². The lowest BCUT2D eigenvalue weighted by Crippen LogP contribution is -2.38. The zero-order chi connectivity index (χ0) is 12.1. The van der Waals surface area contributed by atoms with E-state index >= 15 is 0 Å². The van der Waals surface area contributed by atoms with Crippen molar-refractivity contribution in [3.05, 3.63) is 0 Å². The number of carbonyl (C=O) groups is 1. The van der Waals surface area contributed by atoms with Crippen molar-refractivity contribution in [3.8, 4) is 0 Å². The first-order valence-electron chi connectivity index (χ1n) is 5.70. The van der Waals surface area contributed by atoms with Crippen LogP contribution in [0.2, 0.25) is 0 Å². The molecular weight excluding hydrogens is 190 g/mol. The largest absolute Gasteiger partial charge is 0.465 e. The molecule has 0 saturated carbocycles. The van der Waals surface area contributed by atoms with Gasteiger partial charge in [-0.1, -0.05) is 41.0 Å². The third-order valence-electron chi connectivity index (χ3n) is 2.63. The second-order valence-corrected chi connectivity index (χ2v) is 5.39. The highest BCUT2D eigenvalue weighted by atomic mass is 16.5. The number of carbonyl (C=O) groups excluding carboxylic acids is 1. The first-order chi connectivity index (χ1) is 6.78. The van der Waals surface area contributed by atoms with Gasteiger partial charge in [0, 0.05) is 0 Å². The minimum atomic E-state index is -0.477. The molecule has 3 heteroatoms. The third kappa shape index (κ3) is 6.50. The molecule has 0 bridgehead atoms. The van der Waals surface area contributed by atoms with Gasteiger partial charge in [0.1, 0.15) is 6.04 Å². The average Bonchev–Trinajstić information content (AvgIpc) is 2.13. The van der Waals surface area contributed by atoms with Crippen molar-refractivity contribution in [2.75, 3.05) is 6.61 Å². The van der Waals surface area contributed by atoms with E-state index in [4.69, 9.17) is 10.5 Å². The van der Waals surface area contributed by atoms with Gasteiger partial charge in [-0.3, -0.25) is 4.79 Å². The van der Waals surface area contributed by atoms with Gasteiger partial charge in [-0.2, -0.15) is 0 Å². The molecule has 0 amide bonds. The molecule has 0 fully saturated rings. The van der Waals surface area contributed by atoms with Crippen LogP contribution in [0.5, 0.6) is 0 Å². The Morgan fingerprint density at radius 3 is 2.33 bits per heavy atom. The molecule has 0 heterocycles. The van der Waals surface area contributed by atoms with Crippen molar-refractivity contribution >= 4 is 5.97 Å². The van der Waals surface area contributed by atoms with E-state index < -0.39 is 6.04 Å². The Balaban J connectivity index is 3.84. The number of rotatable bonds is 5. The van der Waals surface area contributed by atoms with Crippen LogP contribution in [0.1, 0.15) is 47.5 Å². The second-order valence-electron chi connectivity index (χ2n) is 5.39. The van der Waals surface area contributed by atoms with Crippen molar-refractivity contribution < 1.29 is 9.53 Å². The zero-order valence-corrected chi connectivity index (χ0v) is 10.7. The number of hydrogen-bond acceptors (Lipinski definition) is 3. The smallest absolute Gasteiger partial charge is 0.323 e. The van der Waals surface area contributed by atoms with Crippen LogP contribution in [0, 0.1) is 11.3 Å². The minimum absolute atomic E-state index is 0.187. The van der Waals surface area contributed by atoms with Gasteiger partial charge >= 0.3 is 5.97 Å². The van der Waals surface area contributed by atoms with E-state index in [0.29, 0.717) is 6.61 Å². The van der Waals surface area contributed by atoms with E-state index in [1.54, 1.807) is 0 Å². The highest BCUT2D eigenvalue weighted by Gasteiger charge is 2.21. The fourth-order valence-electron chi connectivity index (χ4n) is 1.04. The van der Waals surface area contributed by atoms with Crippen LogP contribution in [-0.4, -0.2) is 18.6 Å². The molecule has 3 nitrogen and oxygen atoms in total. The van der Waals surface area contributed by atoms with E-state index in [9.17, 15) is 4.79 Å². The normalized spacial score (nSPS) is 15.9. The summed E-state index contributed by atoms with van der Waals surface area (Å²) in [5, 5.41) is 0. The summed E-state index contributed by atoms with van der Waals surface area (Å²) in [6, 6.07) is -0.477. The van der Waals surface area contributed by atoms with E-state index in [0.717, 1.165) is 12.8 Å². The summed E-state index contributed by atoms with van der Waals surface area (Å²) in [6.07, 6.45) is 1.77. The van der Waals surface area contributed by atoms with Crippen molar-refractivity contribution in [2.45, 2.75) is 53.5 Å². The maximum absolute atomic E-state index is 11.5. The monoisotopic (exact) mass is 215 g/mol. The van der Waals surface area contributed by atoms with Gasteiger partial charge in [0.15, 0.2) is 0 Å². The van der Waals surface area contributed by atoms with Crippen molar-refractivity contribution in [1.82, 2.24) is 0 Å². The fraction of sp³-hybridized carbons (Fsp3) is 0.917. The van der Waals surface area contributed by atoms with Crippen LogP contribution in [0.15, 0.2) is 0 Å². The Bertz CT molecular complexity index is 196. The van der Waals surface area contributed by atoms with Gasteiger partial charge in [0.05, 0.1) is 6.61 Å². The minimum Gasteiger partial charge on any atom is -0.465 e. The highest BCUT2D eigenvalue weighted by molar-refractivity contribution is 5.75. The molecule has 0 unspecified atom stereocenters. The van der Waals surface area contributed by atoms with Crippen LogP contribution >= 0.6 is 0 Å². The molecule has 2 atom stereocenters. The lowest BCUT2D eigenvalue weighted by atomic mass is 9.93. The molecule has 0 aliphatic carbocycles. The standard InChI is InChI=1S/C12H25NO2/c1-6-9(2)10(13)11(14)15-8-7-12(3,4)5/h9-10H,6-8,13H2,1-5H3/t9-,10-/m0/s1. The second kappa shape index (κ2) is 6.11. The van der Waals surface area contributed by atoms with E-state index in [-0.39, 0.29) is 17.3 Å². The predicted molar refractivity (Wildman–Crippen MR) is 62.5 cm³/mol. The van der Waals surface area contributed by atoms with Gasteiger partial charge in [-0.25, -0.2) is 0 Å². The Labute approximate surface area is 93.4 Å². The topological polar surface area (TPSA) is 52.3 Å². The molecule has 0 aromatic carbocycles. The SMILES string of the molecule is CC[C@H](C)[C@H](N)C(=O)OCCC(C)(C)C.